The fraction of sp³-hybridized carbons (Fsp3) is 0.200. The first-order chi connectivity index (χ1) is 13.6. The van der Waals surface area contributed by atoms with Crippen LogP contribution in [0.5, 0.6) is 0 Å². The summed E-state index contributed by atoms with van der Waals surface area (Å²) in [7, 11) is 0. The second kappa shape index (κ2) is 11.5. The molecule has 0 bridgehead atoms. The van der Waals surface area contributed by atoms with E-state index in [9.17, 15) is 22.8 Å². The highest BCUT2D eigenvalue weighted by Gasteiger charge is 2.14. The zero-order chi connectivity index (χ0) is 22.1. The number of nitrogens with one attached hydrogen (secondary N) is 1. The maximum Gasteiger partial charge on any atom is 0.306 e. The van der Waals surface area contributed by atoms with Crippen molar-refractivity contribution in [2.75, 3.05) is 11.6 Å². The van der Waals surface area contributed by atoms with Crippen LogP contribution in [0.25, 0.3) is 0 Å². The molecule has 0 heterocycles. The molecule has 2 aromatic rings. The fourth-order valence-electron chi connectivity index (χ4n) is 1.98. The van der Waals surface area contributed by atoms with E-state index >= 15 is 0 Å². The van der Waals surface area contributed by atoms with Gasteiger partial charge in [0.2, 0.25) is 0 Å². The lowest BCUT2D eigenvalue weighted by Gasteiger charge is -2.08. The Hall–Kier alpha value is -2.45. The average Bonchev–Trinajstić information content (AvgIpc) is 2.67. The molecule has 0 aliphatic carbocycles. The van der Waals surface area contributed by atoms with E-state index in [4.69, 9.17) is 16.7 Å². The molecule has 4 nitrogen and oxygen atoms in total. The second-order valence-electron chi connectivity index (χ2n) is 5.82. The Morgan fingerprint density at radius 2 is 1.83 bits per heavy atom. The molecule has 29 heavy (non-hydrogen) atoms. The van der Waals surface area contributed by atoms with Gasteiger partial charge in [0.25, 0.3) is 5.91 Å². The molecular formula is C20H19ClF3NO3S. The van der Waals surface area contributed by atoms with E-state index in [-0.39, 0.29) is 17.2 Å². The van der Waals surface area contributed by atoms with Crippen LogP contribution in [0.2, 0.25) is 5.02 Å². The Kier molecular flexibility index (Phi) is 9.77. The van der Waals surface area contributed by atoms with Crippen molar-refractivity contribution in [1.29, 1.82) is 0 Å². The highest BCUT2D eigenvalue weighted by Crippen LogP contribution is 2.26. The number of halogens is 4. The van der Waals surface area contributed by atoms with Gasteiger partial charge in [-0.25, -0.2) is 13.2 Å². The number of carbonyl (C=O) groups excluding carboxylic acids is 1. The Labute approximate surface area is 175 Å². The number of carbonyl (C=O) groups is 2. The van der Waals surface area contributed by atoms with Crippen molar-refractivity contribution in [3.05, 3.63) is 71.0 Å². The number of thioether (sulfide) groups is 1. The van der Waals surface area contributed by atoms with Crippen molar-refractivity contribution in [3.8, 4) is 0 Å². The van der Waals surface area contributed by atoms with E-state index in [0.29, 0.717) is 28.5 Å². The number of rotatable bonds is 6. The van der Waals surface area contributed by atoms with Gasteiger partial charge in [-0.2, -0.15) is 0 Å². The lowest BCUT2D eigenvalue weighted by Crippen LogP contribution is -2.12. The SMILES string of the molecule is C=CCC(C)C(=O)O.CSc1cc(C(=O)Nc2cc(F)c(F)c(F)c2)ccc1Cl. The lowest BCUT2D eigenvalue weighted by atomic mass is 10.1. The zero-order valence-electron chi connectivity index (χ0n) is 15.6. The maximum absolute atomic E-state index is 13.1. The van der Waals surface area contributed by atoms with Crippen molar-refractivity contribution in [3.63, 3.8) is 0 Å². The molecule has 1 unspecified atom stereocenters. The predicted octanol–water partition coefficient (Wildman–Crippen LogP) is 6.01. The summed E-state index contributed by atoms with van der Waals surface area (Å²) >= 11 is 7.29. The molecule has 0 saturated carbocycles. The first-order valence-electron chi connectivity index (χ1n) is 8.23. The number of aliphatic carboxylic acids is 1. The standard InChI is InChI=1S/C14H9ClF3NOS.C6H10O2/c1-21-12-4-7(2-3-9(12)15)14(20)19-8-5-10(16)13(18)11(17)6-8;1-3-4-5(2)6(7)8/h2-6H,1H3,(H,19,20);3,5H,1,4H2,2H3,(H,7,8). The van der Waals surface area contributed by atoms with E-state index in [2.05, 4.69) is 11.9 Å². The van der Waals surface area contributed by atoms with Crippen molar-refractivity contribution in [2.24, 2.45) is 5.92 Å². The minimum absolute atomic E-state index is 0.169. The largest absolute Gasteiger partial charge is 0.481 e. The third-order valence-electron chi connectivity index (χ3n) is 3.60. The lowest BCUT2D eigenvalue weighted by molar-refractivity contribution is -0.140. The summed E-state index contributed by atoms with van der Waals surface area (Å²) in [5.74, 6) is -5.94. The molecule has 0 spiro atoms. The summed E-state index contributed by atoms with van der Waals surface area (Å²) < 4.78 is 39.0. The Balaban J connectivity index is 0.000000447. The van der Waals surface area contributed by atoms with Crippen LogP contribution in [-0.4, -0.2) is 23.2 Å². The first-order valence-corrected chi connectivity index (χ1v) is 9.84. The zero-order valence-corrected chi connectivity index (χ0v) is 17.2. The van der Waals surface area contributed by atoms with Gasteiger partial charge in [0.05, 0.1) is 10.9 Å². The summed E-state index contributed by atoms with van der Waals surface area (Å²) in [6, 6.07) is 6.00. The summed E-state index contributed by atoms with van der Waals surface area (Å²) in [6.07, 6.45) is 3.96. The highest BCUT2D eigenvalue weighted by molar-refractivity contribution is 7.98. The monoisotopic (exact) mass is 445 g/mol. The fourth-order valence-corrected chi connectivity index (χ4v) is 2.84. The van der Waals surface area contributed by atoms with Gasteiger partial charge in [-0.05, 0) is 30.9 Å². The van der Waals surface area contributed by atoms with E-state index < -0.39 is 29.3 Å². The maximum atomic E-state index is 13.1. The smallest absolute Gasteiger partial charge is 0.306 e. The molecule has 9 heteroatoms. The van der Waals surface area contributed by atoms with Gasteiger partial charge in [-0.1, -0.05) is 24.6 Å². The van der Waals surface area contributed by atoms with Gasteiger partial charge < -0.3 is 10.4 Å². The number of carboxylic acid groups (broad SMARTS) is 1. The summed E-state index contributed by atoms with van der Waals surface area (Å²) in [5.41, 5.74) is 0.103. The van der Waals surface area contributed by atoms with E-state index in [0.717, 1.165) is 0 Å². The van der Waals surface area contributed by atoms with Crippen molar-refractivity contribution < 1.29 is 27.9 Å². The van der Waals surface area contributed by atoms with E-state index in [1.54, 1.807) is 31.4 Å². The minimum Gasteiger partial charge on any atom is -0.481 e. The van der Waals surface area contributed by atoms with Crippen LogP contribution in [0.15, 0.2) is 47.9 Å². The predicted molar refractivity (Wildman–Crippen MR) is 109 cm³/mol. The van der Waals surface area contributed by atoms with E-state index in [1.165, 1.54) is 17.8 Å². The van der Waals surface area contributed by atoms with Crippen molar-refractivity contribution in [1.82, 2.24) is 0 Å². The van der Waals surface area contributed by atoms with Gasteiger partial charge in [-0.3, -0.25) is 9.59 Å². The van der Waals surface area contributed by atoms with Gasteiger partial charge in [0, 0.05) is 28.3 Å². The van der Waals surface area contributed by atoms with Crippen LogP contribution >= 0.6 is 23.4 Å². The molecule has 1 atom stereocenters. The Morgan fingerprint density at radius 3 is 2.28 bits per heavy atom. The molecule has 0 aliphatic heterocycles. The number of amides is 1. The summed E-state index contributed by atoms with van der Waals surface area (Å²) in [5, 5.41) is 11.1. The molecule has 2 N–H and O–H groups in total. The highest BCUT2D eigenvalue weighted by atomic mass is 35.5. The summed E-state index contributed by atoms with van der Waals surface area (Å²) in [6.45, 7) is 5.08. The third kappa shape index (κ3) is 7.47. The summed E-state index contributed by atoms with van der Waals surface area (Å²) in [4.78, 5) is 22.7. The number of benzene rings is 2. The Bertz CT molecular complexity index is 886. The van der Waals surface area contributed by atoms with Crippen LogP contribution in [0.3, 0.4) is 0 Å². The van der Waals surface area contributed by atoms with Crippen molar-refractivity contribution >= 4 is 40.9 Å². The third-order valence-corrected chi connectivity index (χ3v) is 4.82. The van der Waals surface area contributed by atoms with Crippen molar-refractivity contribution in [2.45, 2.75) is 18.2 Å². The number of hydrogen-bond acceptors (Lipinski definition) is 3. The average molecular weight is 446 g/mol. The minimum atomic E-state index is -1.58. The van der Waals surface area contributed by atoms with Crippen LogP contribution < -0.4 is 5.32 Å². The van der Waals surface area contributed by atoms with Crippen LogP contribution in [0, 0.1) is 23.4 Å². The Morgan fingerprint density at radius 1 is 1.24 bits per heavy atom. The van der Waals surface area contributed by atoms with Crippen LogP contribution in [0.4, 0.5) is 18.9 Å². The number of carboxylic acids is 1. The number of anilines is 1. The molecule has 0 fully saturated rings. The molecule has 0 saturated heterocycles. The van der Waals surface area contributed by atoms with Crippen LogP contribution in [-0.2, 0) is 4.79 Å². The molecule has 2 rings (SSSR count). The topological polar surface area (TPSA) is 66.4 Å². The molecule has 0 aliphatic rings. The quantitative estimate of drug-likeness (QED) is 0.324. The normalized spacial score (nSPS) is 11.1. The number of allylic oxidation sites excluding steroid dienone is 1. The molecule has 0 aromatic heterocycles. The molecular weight excluding hydrogens is 427 g/mol. The number of hydrogen-bond donors (Lipinski definition) is 2. The van der Waals surface area contributed by atoms with Gasteiger partial charge in [0.1, 0.15) is 0 Å². The molecule has 2 aromatic carbocycles. The first kappa shape index (κ1) is 24.6. The molecule has 0 radical (unpaired) electrons. The molecule has 1 amide bonds. The van der Waals surface area contributed by atoms with Gasteiger partial charge >= 0.3 is 5.97 Å². The van der Waals surface area contributed by atoms with Gasteiger partial charge in [0.15, 0.2) is 17.5 Å². The van der Waals surface area contributed by atoms with Gasteiger partial charge in [-0.15, -0.1) is 18.3 Å². The van der Waals surface area contributed by atoms with Crippen LogP contribution in [0.1, 0.15) is 23.7 Å². The molecule has 156 valence electrons. The van der Waals surface area contributed by atoms with E-state index in [1.807, 2.05) is 0 Å². The second-order valence-corrected chi connectivity index (χ2v) is 7.08.